The molecule has 3 nitrogen and oxygen atoms in total. The van der Waals surface area contributed by atoms with E-state index in [1.54, 1.807) is 0 Å². The fourth-order valence-electron chi connectivity index (χ4n) is 2.08. The van der Waals surface area contributed by atoms with E-state index in [4.69, 9.17) is 9.16 Å². The van der Waals surface area contributed by atoms with Gasteiger partial charge in [0.15, 0.2) is 0 Å². The molecule has 4 heteroatoms. The largest absolute Gasteiger partial charge is 0.544 e. The number of hydrogen-bond donors (Lipinski definition) is 0. The fourth-order valence-corrected chi connectivity index (χ4v) is 3.11. The zero-order chi connectivity index (χ0) is 18.5. The lowest BCUT2D eigenvalue weighted by atomic mass is 10.1. The second-order valence-corrected chi connectivity index (χ2v) is 12.6. The van der Waals surface area contributed by atoms with Gasteiger partial charge in [-0.15, -0.1) is 0 Å². The fraction of sp³-hybridized carbons (Fsp3) is 0.381. The molecular weight excluding hydrogens is 328 g/mol. The van der Waals surface area contributed by atoms with E-state index in [0.29, 0.717) is 6.42 Å². The molecule has 0 heterocycles. The van der Waals surface area contributed by atoms with Crippen LogP contribution in [0.1, 0.15) is 31.9 Å². The summed E-state index contributed by atoms with van der Waals surface area (Å²) < 4.78 is 11.6. The van der Waals surface area contributed by atoms with Crippen molar-refractivity contribution in [3.05, 3.63) is 65.7 Å². The number of hydrogen-bond acceptors (Lipinski definition) is 3. The zero-order valence-corrected chi connectivity index (χ0v) is 16.8. The molecule has 0 saturated heterocycles. The van der Waals surface area contributed by atoms with Crippen LogP contribution in [0.4, 0.5) is 0 Å². The first-order valence-corrected chi connectivity index (χ1v) is 11.6. The molecule has 2 aromatic rings. The highest BCUT2D eigenvalue weighted by atomic mass is 28.4. The quantitative estimate of drug-likeness (QED) is 0.516. The average molecular weight is 357 g/mol. The maximum atomic E-state index is 11.9. The van der Waals surface area contributed by atoms with Crippen molar-refractivity contribution in [1.82, 2.24) is 0 Å². The average Bonchev–Trinajstić information content (AvgIpc) is 2.54. The third-order valence-electron chi connectivity index (χ3n) is 4.69. The summed E-state index contributed by atoms with van der Waals surface area (Å²) in [6.07, 6.45) is 0.299. The van der Waals surface area contributed by atoms with Crippen LogP contribution in [-0.2, 0) is 22.6 Å². The summed E-state index contributed by atoms with van der Waals surface area (Å²) in [6.45, 7) is 11.4. The van der Waals surface area contributed by atoms with Gasteiger partial charge in [0.05, 0.1) is 6.42 Å². The Bertz CT molecular complexity index is 685. The van der Waals surface area contributed by atoms with Gasteiger partial charge in [-0.2, -0.15) is 0 Å². The molecular formula is C21H28O3Si. The molecule has 134 valence electrons. The third-order valence-corrected chi connectivity index (χ3v) is 9.05. The lowest BCUT2D eigenvalue weighted by Gasteiger charge is -2.36. The molecule has 0 N–H and O–H groups in total. The Morgan fingerprint density at radius 1 is 0.920 bits per heavy atom. The van der Waals surface area contributed by atoms with Gasteiger partial charge in [0.25, 0.3) is 0 Å². The normalized spacial score (nSPS) is 11.9. The second kappa shape index (κ2) is 7.87. The van der Waals surface area contributed by atoms with E-state index in [0.717, 1.165) is 16.9 Å². The molecule has 2 aromatic carbocycles. The van der Waals surface area contributed by atoms with Crippen molar-refractivity contribution in [3.63, 3.8) is 0 Å². The van der Waals surface area contributed by atoms with Crippen LogP contribution in [-0.4, -0.2) is 14.3 Å². The highest BCUT2D eigenvalue weighted by molar-refractivity contribution is 6.74. The SMILES string of the molecule is CC(C)(C)[Si](C)(C)Oc1ccc(COC(=O)Cc2ccccc2)cc1. The third kappa shape index (κ3) is 5.75. The molecule has 0 bridgehead atoms. The first kappa shape index (κ1) is 19.3. The molecule has 0 aromatic heterocycles. The minimum Gasteiger partial charge on any atom is -0.544 e. The smallest absolute Gasteiger partial charge is 0.310 e. The Labute approximate surface area is 152 Å². The van der Waals surface area contributed by atoms with E-state index in [1.165, 1.54) is 0 Å². The van der Waals surface area contributed by atoms with Gasteiger partial charge in [0.1, 0.15) is 12.4 Å². The van der Waals surface area contributed by atoms with Gasteiger partial charge in [-0.1, -0.05) is 63.2 Å². The summed E-state index contributed by atoms with van der Waals surface area (Å²) in [6, 6.07) is 17.5. The maximum Gasteiger partial charge on any atom is 0.310 e. The molecule has 0 radical (unpaired) electrons. The summed E-state index contributed by atoms with van der Waals surface area (Å²) in [7, 11) is -1.83. The van der Waals surface area contributed by atoms with Gasteiger partial charge in [0.2, 0.25) is 8.32 Å². The Kier molecular flexibility index (Phi) is 6.06. The van der Waals surface area contributed by atoms with Crippen LogP contribution < -0.4 is 4.43 Å². The monoisotopic (exact) mass is 356 g/mol. The van der Waals surface area contributed by atoms with Crippen LogP contribution in [0.3, 0.4) is 0 Å². The Morgan fingerprint density at radius 2 is 1.52 bits per heavy atom. The molecule has 0 fully saturated rings. The molecule has 0 aliphatic carbocycles. The van der Waals surface area contributed by atoms with E-state index >= 15 is 0 Å². The molecule has 0 unspecified atom stereocenters. The predicted molar refractivity (Wildman–Crippen MR) is 104 cm³/mol. The van der Waals surface area contributed by atoms with Crippen LogP contribution in [0.5, 0.6) is 5.75 Å². The van der Waals surface area contributed by atoms with Crippen LogP contribution in [0.25, 0.3) is 0 Å². The van der Waals surface area contributed by atoms with Gasteiger partial charge in [-0.25, -0.2) is 0 Å². The minimum atomic E-state index is -1.83. The Morgan fingerprint density at radius 3 is 2.08 bits per heavy atom. The molecule has 2 rings (SSSR count). The molecule has 0 amide bonds. The molecule has 0 aliphatic heterocycles. The molecule has 0 saturated carbocycles. The van der Waals surface area contributed by atoms with Crippen LogP contribution >= 0.6 is 0 Å². The van der Waals surface area contributed by atoms with Crippen molar-refractivity contribution in [2.45, 2.75) is 51.9 Å². The van der Waals surface area contributed by atoms with Crippen molar-refractivity contribution in [2.24, 2.45) is 0 Å². The van der Waals surface area contributed by atoms with Crippen molar-refractivity contribution < 1.29 is 14.0 Å². The van der Waals surface area contributed by atoms with Gasteiger partial charge in [0, 0.05) is 0 Å². The summed E-state index contributed by atoms with van der Waals surface area (Å²) in [5, 5.41) is 0.165. The van der Waals surface area contributed by atoms with Crippen LogP contribution in [0.15, 0.2) is 54.6 Å². The van der Waals surface area contributed by atoms with Crippen molar-refractivity contribution in [1.29, 1.82) is 0 Å². The number of esters is 1. The zero-order valence-electron chi connectivity index (χ0n) is 15.8. The highest BCUT2D eigenvalue weighted by Crippen LogP contribution is 2.37. The minimum absolute atomic E-state index is 0.165. The van der Waals surface area contributed by atoms with Gasteiger partial charge < -0.3 is 9.16 Å². The summed E-state index contributed by atoms with van der Waals surface area (Å²) in [5.74, 6) is 0.666. The first-order valence-electron chi connectivity index (χ1n) is 8.65. The molecule has 0 atom stereocenters. The Hall–Kier alpha value is -2.07. The second-order valence-electron chi connectivity index (χ2n) is 7.83. The Balaban J connectivity index is 1.87. The standard InChI is InChI=1S/C21H28O3Si/c1-21(2,3)25(4,5)24-19-13-11-18(12-14-19)16-23-20(22)15-17-9-7-6-8-10-17/h6-14H,15-16H2,1-5H3. The van der Waals surface area contributed by atoms with Gasteiger partial charge in [-0.3, -0.25) is 4.79 Å². The lowest BCUT2D eigenvalue weighted by molar-refractivity contribution is -0.144. The maximum absolute atomic E-state index is 11.9. The summed E-state index contributed by atoms with van der Waals surface area (Å²) in [5.41, 5.74) is 1.93. The molecule has 0 aliphatic rings. The van der Waals surface area contributed by atoms with E-state index in [2.05, 4.69) is 33.9 Å². The first-order chi connectivity index (χ1) is 11.7. The molecule has 25 heavy (non-hydrogen) atoms. The van der Waals surface area contributed by atoms with Crippen LogP contribution in [0.2, 0.25) is 18.1 Å². The van der Waals surface area contributed by atoms with Crippen molar-refractivity contribution >= 4 is 14.3 Å². The lowest BCUT2D eigenvalue weighted by Crippen LogP contribution is -2.43. The predicted octanol–water partition coefficient (Wildman–Crippen LogP) is 5.36. The van der Waals surface area contributed by atoms with Gasteiger partial charge >= 0.3 is 5.97 Å². The highest BCUT2D eigenvalue weighted by Gasteiger charge is 2.38. The number of carbonyl (C=O) groups excluding carboxylic acids is 1. The van der Waals surface area contributed by atoms with E-state index in [1.807, 2.05) is 54.6 Å². The number of ether oxygens (including phenoxy) is 1. The van der Waals surface area contributed by atoms with Crippen molar-refractivity contribution in [2.75, 3.05) is 0 Å². The summed E-state index contributed by atoms with van der Waals surface area (Å²) >= 11 is 0. The number of carbonyl (C=O) groups is 1. The van der Waals surface area contributed by atoms with E-state index in [9.17, 15) is 4.79 Å². The topological polar surface area (TPSA) is 35.5 Å². The van der Waals surface area contributed by atoms with Gasteiger partial charge in [-0.05, 0) is 41.4 Å². The number of benzene rings is 2. The summed E-state index contributed by atoms with van der Waals surface area (Å²) in [4.78, 5) is 11.9. The van der Waals surface area contributed by atoms with E-state index < -0.39 is 8.32 Å². The van der Waals surface area contributed by atoms with E-state index in [-0.39, 0.29) is 17.6 Å². The number of rotatable bonds is 6. The van der Waals surface area contributed by atoms with Crippen LogP contribution in [0, 0.1) is 0 Å². The van der Waals surface area contributed by atoms with Crippen molar-refractivity contribution in [3.8, 4) is 5.75 Å². The molecule has 0 spiro atoms.